The summed E-state index contributed by atoms with van der Waals surface area (Å²) in [5.41, 5.74) is -1.54. The van der Waals surface area contributed by atoms with Crippen molar-refractivity contribution >= 4 is 27.6 Å². The minimum Gasteiger partial charge on any atom is -0.618 e. The Hall–Kier alpha value is -3.12. The number of aromatic nitrogens is 1. The van der Waals surface area contributed by atoms with E-state index in [9.17, 15) is 15.1 Å². The molecule has 31 heavy (non-hydrogen) atoms. The molecule has 0 unspecified atom stereocenters. The van der Waals surface area contributed by atoms with E-state index in [1.54, 1.807) is 0 Å². The summed E-state index contributed by atoms with van der Waals surface area (Å²) in [6, 6.07) is 7.21. The first-order valence-electron chi connectivity index (χ1n) is 9.38. The molecule has 0 atom stereocenters. The number of rotatable bonds is 4. The number of aromatic hydroxyl groups is 1. The molecular weight excluding hydrogens is 466 g/mol. The summed E-state index contributed by atoms with van der Waals surface area (Å²) in [7, 11) is 0. The molecule has 0 bridgehead atoms. The summed E-state index contributed by atoms with van der Waals surface area (Å²) in [6.45, 7) is 11.0. The van der Waals surface area contributed by atoms with Gasteiger partial charge < -0.3 is 19.9 Å². The third-order valence-corrected chi connectivity index (χ3v) is 4.50. The van der Waals surface area contributed by atoms with Gasteiger partial charge in [0.25, 0.3) is 5.78 Å². The largest absolute Gasteiger partial charge is 0.618 e. The van der Waals surface area contributed by atoms with E-state index in [0.717, 1.165) is 12.3 Å². The van der Waals surface area contributed by atoms with E-state index in [1.807, 2.05) is 47.6 Å². The van der Waals surface area contributed by atoms with Crippen molar-refractivity contribution in [3.05, 3.63) is 57.0 Å². The quantitative estimate of drug-likeness (QED) is 0.169. The van der Waals surface area contributed by atoms with Crippen LogP contribution in [0, 0.1) is 22.0 Å². The predicted molar refractivity (Wildman–Crippen MR) is 118 cm³/mol. The van der Waals surface area contributed by atoms with Gasteiger partial charge in [-0.2, -0.15) is 9.99 Å². The van der Waals surface area contributed by atoms with Crippen molar-refractivity contribution in [3.8, 4) is 17.6 Å². The zero-order chi connectivity index (χ0) is 23.6. The van der Waals surface area contributed by atoms with Gasteiger partial charge in [-0.3, -0.25) is 4.79 Å². The Morgan fingerprint density at radius 3 is 2.45 bits per heavy atom. The van der Waals surface area contributed by atoms with E-state index >= 15 is 0 Å². The van der Waals surface area contributed by atoms with Crippen molar-refractivity contribution in [3.63, 3.8) is 0 Å². The van der Waals surface area contributed by atoms with Gasteiger partial charge in [-0.25, -0.2) is 0 Å². The molecule has 1 heterocycles. The highest BCUT2D eigenvalue weighted by molar-refractivity contribution is 9.10. The lowest BCUT2D eigenvalue weighted by Crippen LogP contribution is -2.37. The van der Waals surface area contributed by atoms with Gasteiger partial charge in [0.2, 0.25) is 11.6 Å². The molecule has 2 aromatic rings. The number of hydrogen-bond acceptors (Lipinski definition) is 7. The highest BCUT2D eigenvalue weighted by atomic mass is 79.9. The van der Waals surface area contributed by atoms with Gasteiger partial charge in [0.1, 0.15) is 17.4 Å². The van der Waals surface area contributed by atoms with Crippen molar-refractivity contribution in [1.29, 1.82) is 5.26 Å². The SMILES string of the molecule is CC(C)(C)ON=C(Oc1ccc[n+]([O-])c1C(=O)c1cc(Br)c(C#N)cc1O)C(C)(C)C. The molecule has 0 fully saturated rings. The Bertz CT molecular complexity index is 1080. The molecule has 0 aliphatic carbocycles. The number of hydrogen-bond donors (Lipinski definition) is 1. The molecule has 1 N–H and O–H groups in total. The van der Waals surface area contributed by atoms with Crippen LogP contribution in [-0.2, 0) is 4.84 Å². The van der Waals surface area contributed by atoms with Gasteiger partial charge >= 0.3 is 5.69 Å². The van der Waals surface area contributed by atoms with Crippen molar-refractivity contribution in [2.75, 3.05) is 0 Å². The van der Waals surface area contributed by atoms with E-state index in [-0.39, 0.29) is 28.5 Å². The number of benzene rings is 1. The van der Waals surface area contributed by atoms with Crippen LogP contribution in [0.3, 0.4) is 0 Å². The Morgan fingerprint density at radius 2 is 1.90 bits per heavy atom. The third-order valence-electron chi connectivity index (χ3n) is 3.84. The number of carbonyl (C=O) groups is 1. The summed E-state index contributed by atoms with van der Waals surface area (Å²) in [4.78, 5) is 18.7. The monoisotopic (exact) mass is 489 g/mol. The number of ketones is 1. The van der Waals surface area contributed by atoms with Crippen LogP contribution in [0.25, 0.3) is 0 Å². The first-order valence-corrected chi connectivity index (χ1v) is 10.2. The molecule has 0 saturated carbocycles. The normalized spacial score (nSPS) is 12.3. The molecule has 2 rings (SSSR count). The number of pyridine rings is 1. The number of nitriles is 1. The second kappa shape index (κ2) is 8.94. The van der Waals surface area contributed by atoms with Gasteiger partial charge in [0, 0.05) is 16.0 Å². The van der Waals surface area contributed by atoms with Crippen LogP contribution in [0.5, 0.6) is 11.5 Å². The van der Waals surface area contributed by atoms with E-state index < -0.39 is 22.5 Å². The molecule has 1 aromatic carbocycles. The highest BCUT2D eigenvalue weighted by Gasteiger charge is 2.31. The summed E-state index contributed by atoms with van der Waals surface area (Å²) >= 11 is 3.19. The van der Waals surface area contributed by atoms with Crippen molar-refractivity contribution in [1.82, 2.24) is 0 Å². The third kappa shape index (κ3) is 5.95. The van der Waals surface area contributed by atoms with Crippen molar-refractivity contribution in [2.45, 2.75) is 47.1 Å². The molecule has 0 amide bonds. The van der Waals surface area contributed by atoms with Crippen molar-refractivity contribution < 1.29 is 24.2 Å². The van der Waals surface area contributed by atoms with Gasteiger partial charge in [0.15, 0.2) is 6.20 Å². The van der Waals surface area contributed by atoms with Crippen LogP contribution >= 0.6 is 15.9 Å². The fraction of sp³-hybridized carbons (Fsp3) is 0.364. The highest BCUT2D eigenvalue weighted by Crippen LogP contribution is 2.30. The summed E-state index contributed by atoms with van der Waals surface area (Å²) in [5, 5.41) is 36.0. The van der Waals surface area contributed by atoms with E-state index in [0.29, 0.717) is 9.20 Å². The number of phenols is 1. The van der Waals surface area contributed by atoms with Crippen molar-refractivity contribution in [2.24, 2.45) is 10.6 Å². The minimum absolute atomic E-state index is 0.0476. The number of phenolic OH excluding ortho intramolecular Hbond substituents is 1. The van der Waals surface area contributed by atoms with Crippen LogP contribution in [0.1, 0.15) is 63.2 Å². The zero-order valence-corrected chi connectivity index (χ0v) is 19.8. The van der Waals surface area contributed by atoms with E-state index in [1.165, 1.54) is 18.2 Å². The van der Waals surface area contributed by atoms with E-state index in [2.05, 4.69) is 21.1 Å². The number of halogens is 1. The zero-order valence-electron chi connectivity index (χ0n) is 18.2. The fourth-order valence-corrected chi connectivity index (χ4v) is 2.75. The number of ether oxygens (including phenoxy) is 1. The molecule has 9 heteroatoms. The van der Waals surface area contributed by atoms with Gasteiger partial charge in [-0.05, 0) is 54.9 Å². The first-order chi connectivity index (χ1) is 14.2. The van der Waals surface area contributed by atoms with Crippen LogP contribution in [0.15, 0.2) is 40.1 Å². The number of oxime groups is 1. The molecule has 0 aliphatic heterocycles. The van der Waals surface area contributed by atoms with Crippen LogP contribution in [0.2, 0.25) is 0 Å². The summed E-state index contributed by atoms with van der Waals surface area (Å²) in [6.07, 6.45) is 1.15. The van der Waals surface area contributed by atoms with Crippen LogP contribution in [0.4, 0.5) is 0 Å². The maximum Gasteiger partial charge on any atom is 0.308 e. The first kappa shape index (κ1) is 24.2. The Morgan fingerprint density at radius 1 is 1.26 bits per heavy atom. The lowest BCUT2D eigenvalue weighted by atomic mass is 9.96. The van der Waals surface area contributed by atoms with Gasteiger partial charge in [0.05, 0.1) is 11.1 Å². The van der Waals surface area contributed by atoms with Gasteiger partial charge in [-0.1, -0.05) is 25.9 Å². The Kier molecular flexibility index (Phi) is 6.96. The molecule has 0 spiro atoms. The maximum atomic E-state index is 13.2. The average molecular weight is 490 g/mol. The maximum absolute atomic E-state index is 13.2. The van der Waals surface area contributed by atoms with Gasteiger partial charge in [-0.15, -0.1) is 0 Å². The molecule has 0 aliphatic rings. The Labute approximate surface area is 189 Å². The topological polar surface area (TPSA) is 119 Å². The lowest BCUT2D eigenvalue weighted by molar-refractivity contribution is -0.607. The van der Waals surface area contributed by atoms with E-state index in [4.69, 9.17) is 14.8 Å². The van der Waals surface area contributed by atoms with Crippen LogP contribution in [-0.4, -0.2) is 22.4 Å². The molecule has 8 nitrogen and oxygen atoms in total. The van der Waals surface area contributed by atoms with Crippen LogP contribution < -0.4 is 9.47 Å². The molecule has 164 valence electrons. The second-order valence-corrected chi connectivity index (χ2v) is 9.64. The average Bonchev–Trinajstić information content (AvgIpc) is 2.64. The number of carbonyl (C=O) groups excluding carboxylic acids is 1. The standard InChI is InChI=1S/C22H24BrN3O5/c1-21(2,3)20(25-31-22(4,5)6)30-17-8-7-9-26(29)18(17)19(28)14-11-15(23)13(12-24)10-16(14)27/h7-11,27H,1-6H3. The predicted octanol–water partition coefficient (Wildman–Crippen LogP) is 4.44. The minimum atomic E-state index is -0.779. The molecular formula is C22H24BrN3O5. The Balaban J connectivity index is 2.57. The fourth-order valence-electron chi connectivity index (χ4n) is 2.31. The lowest BCUT2D eigenvalue weighted by Gasteiger charge is -2.23. The molecule has 0 radical (unpaired) electrons. The molecule has 1 aromatic heterocycles. The second-order valence-electron chi connectivity index (χ2n) is 8.79. The number of nitrogens with zero attached hydrogens (tertiary/aromatic N) is 3. The smallest absolute Gasteiger partial charge is 0.308 e. The summed E-state index contributed by atoms with van der Waals surface area (Å²) in [5.74, 6) is -1.10. The molecule has 0 saturated heterocycles. The summed E-state index contributed by atoms with van der Waals surface area (Å²) < 4.78 is 6.54.